The van der Waals surface area contributed by atoms with Gasteiger partial charge in [-0.1, -0.05) is 24.0 Å². The Balaban J connectivity index is 1.62. The third-order valence-electron chi connectivity index (χ3n) is 4.32. The highest BCUT2D eigenvalue weighted by atomic mass is 16.2. The molecule has 1 unspecified atom stereocenters. The van der Waals surface area contributed by atoms with Gasteiger partial charge in [0.25, 0.3) is 0 Å². The first-order valence-corrected chi connectivity index (χ1v) is 7.50. The second kappa shape index (κ2) is 6.41. The van der Waals surface area contributed by atoms with Crippen molar-refractivity contribution in [1.29, 1.82) is 0 Å². The monoisotopic (exact) mass is 270 g/mol. The van der Waals surface area contributed by atoms with Crippen molar-refractivity contribution in [1.82, 2.24) is 9.80 Å². The van der Waals surface area contributed by atoms with Crippen molar-refractivity contribution in [2.45, 2.75) is 25.4 Å². The second-order valence-corrected chi connectivity index (χ2v) is 5.73. The predicted octanol–water partition coefficient (Wildman–Crippen LogP) is 1.31. The van der Waals surface area contributed by atoms with Crippen molar-refractivity contribution < 1.29 is 5.11 Å². The van der Waals surface area contributed by atoms with Gasteiger partial charge in [0.15, 0.2) is 0 Å². The van der Waals surface area contributed by atoms with E-state index in [2.05, 4.69) is 39.8 Å². The summed E-state index contributed by atoms with van der Waals surface area (Å²) in [4.78, 5) is 5.20. The number of fused-ring (bicyclic) bond motifs is 1. The van der Waals surface area contributed by atoms with Crippen molar-refractivity contribution in [3.05, 3.63) is 35.4 Å². The van der Waals surface area contributed by atoms with Crippen molar-refractivity contribution in [3.63, 3.8) is 0 Å². The van der Waals surface area contributed by atoms with E-state index in [1.54, 1.807) is 0 Å². The maximum atomic E-state index is 8.76. The minimum Gasteiger partial charge on any atom is -0.384 e. The van der Waals surface area contributed by atoms with Crippen molar-refractivity contribution >= 4 is 0 Å². The Kier molecular flexibility index (Phi) is 4.37. The largest absolute Gasteiger partial charge is 0.384 e. The number of aliphatic hydroxyl groups is 1. The minimum atomic E-state index is -0.0755. The lowest BCUT2D eigenvalue weighted by Crippen LogP contribution is -2.49. The fourth-order valence-electron chi connectivity index (χ4n) is 3.35. The molecule has 106 valence electrons. The third-order valence-corrected chi connectivity index (χ3v) is 4.32. The van der Waals surface area contributed by atoms with Crippen LogP contribution in [0, 0.1) is 11.8 Å². The highest BCUT2D eigenvalue weighted by molar-refractivity contribution is 5.37. The summed E-state index contributed by atoms with van der Waals surface area (Å²) in [5.41, 5.74) is 2.32. The number of piperazine rings is 1. The van der Waals surface area contributed by atoms with Crippen LogP contribution in [0.1, 0.15) is 24.0 Å². The molecule has 2 saturated heterocycles. The number of nitrogens with zero attached hydrogens (tertiary/aromatic N) is 2. The molecule has 0 radical (unpaired) electrons. The van der Waals surface area contributed by atoms with Crippen LogP contribution in [0.5, 0.6) is 0 Å². The molecule has 0 aromatic heterocycles. The first-order chi connectivity index (χ1) is 9.85. The molecule has 0 spiro atoms. The van der Waals surface area contributed by atoms with E-state index in [0.29, 0.717) is 0 Å². The molecule has 1 N–H and O–H groups in total. The average Bonchev–Trinajstić information content (AvgIpc) is 2.93. The van der Waals surface area contributed by atoms with E-state index < -0.39 is 0 Å². The summed E-state index contributed by atoms with van der Waals surface area (Å²) >= 11 is 0. The molecule has 2 aliphatic heterocycles. The lowest BCUT2D eigenvalue weighted by Gasteiger charge is -2.37. The van der Waals surface area contributed by atoms with E-state index >= 15 is 0 Å². The highest BCUT2D eigenvalue weighted by Gasteiger charge is 2.30. The zero-order chi connectivity index (χ0) is 13.8. The van der Waals surface area contributed by atoms with Crippen LogP contribution in [-0.4, -0.2) is 53.7 Å². The molecule has 20 heavy (non-hydrogen) atoms. The van der Waals surface area contributed by atoms with Gasteiger partial charge in [-0.15, -0.1) is 0 Å². The molecule has 1 aromatic carbocycles. The van der Waals surface area contributed by atoms with Gasteiger partial charge in [-0.3, -0.25) is 9.80 Å². The predicted molar refractivity (Wildman–Crippen MR) is 80.3 cm³/mol. The SMILES string of the molecule is OCC#Cc1cccc(CN2CCN3CCCC3C2)c1. The summed E-state index contributed by atoms with van der Waals surface area (Å²) in [5, 5.41) is 8.76. The Morgan fingerprint density at radius 2 is 2.20 bits per heavy atom. The van der Waals surface area contributed by atoms with Crippen LogP contribution in [-0.2, 0) is 6.54 Å². The summed E-state index contributed by atoms with van der Waals surface area (Å²) in [6.45, 7) is 5.82. The lowest BCUT2D eigenvalue weighted by molar-refractivity contribution is 0.0994. The maximum absolute atomic E-state index is 8.76. The molecule has 2 heterocycles. The summed E-state index contributed by atoms with van der Waals surface area (Å²) in [7, 11) is 0. The Labute approximate surface area is 121 Å². The van der Waals surface area contributed by atoms with Crippen LogP contribution >= 0.6 is 0 Å². The number of hydrogen-bond donors (Lipinski definition) is 1. The molecule has 0 bridgehead atoms. The van der Waals surface area contributed by atoms with Gasteiger partial charge in [0.2, 0.25) is 0 Å². The van der Waals surface area contributed by atoms with Crippen molar-refractivity contribution in [2.75, 3.05) is 32.8 Å². The van der Waals surface area contributed by atoms with E-state index in [0.717, 1.165) is 18.2 Å². The van der Waals surface area contributed by atoms with Crippen LogP contribution < -0.4 is 0 Å². The molecule has 0 aliphatic carbocycles. The zero-order valence-electron chi connectivity index (χ0n) is 11.9. The van der Waals surface area contributed by atoms with E-state index in [1.165, 1.54) is 44.6 Å². The summed E-state index contributed by atoms with van der Waals surface area (Å²) in [6.07, 6.45) is 2.73. The van der Waals surface area contributed by atoms with Crippen LogP contribution in [0.4, 0.5) is 0 Å². The van der Waals surface area contributed by atoms with Crippen LogP contribution in [0.25, 0.3) is 0 Å². The van der Waals surface area contributed by atoms with Gasteiger partial charge in [-0.25, -0.2) is 0 Å². The van der Waals surface area contributed by atoms with Gasteiger partial charge in [0.05, 0.1) is 0 Å². The highest BCUT2D eigenvalue weighted by Crippen LogP contribution is 2.22. The Bertz CT molecular complexity index is 517. The quantitative estimate of drug-likeness (QED) is 0.821. The smallest absolute Gasteiger partial charge is 0.104 e. The maximum Gasteiger partial charge on any atom is 0.104 e. The standard InChI is InChI=1S/C17H22N2O/c20-11-3-6-15-4-1-5-16(12-15)13-18-9-10-19-8-2-7-17(19)14-18/h1,4-5,12,17,20H,2,7-11,13-14H2. The van der Waals surface area contributed by atoms with E-state index in [9.17, 15) is 0 Å². The molecule has 1 atom stereocenters. The molecule has 0 amide bonds. The van der Waals surface area contributed by atoms with E-state index in [-0.39, 0.29) is 6.61 Å². The summed E-state index contributed by atoms with van der Waals surface area (Å²) < 4.78 is 0. The van der Waals surface area contributed by atoms with Gasteiger partial charge in [-0.2, -0.15) is 0 Å². The fraction of sp³-hybridized carbons (Fsp3) is 0.529. The topological polar surface area (TPSA) is 26.7 Å². The normalized spacial score (nSPS) is 23.1. The lowest BCUT2D eigenvalue weighted by atomic mass is 10.1. The third kappa shape index (κ3) is 3.21. The molecule has 0 saturated carbocycles. The van der Waals surface area contributed by atoms with Crippen LogP contribution in [0.3, 0.4) is 0 Å². The van der Waals surface area contributed by atoms with Crippen LogP contribution in [0.2, 0.25) is 0 Å². The fourth-order valence-corrected chi connectivity index (χ4v) is 3.35. The molecule has 2 aliphatic rings. The average molecular weight is 270 g/mol. The Morgan fingerprint density at radius 1 is 1.25 bits per heavy atom. The first-order valence-electron chi connectivity index (χ1n) is 7.50. The molecule has 3 heteroatoms. The molecular weight excluding hydrogens is 248 g/mol. The molecule has 2 fully saturated rings. The Morgan fingerprint density at radius 3 is 3.10 bits per heavy atom. The molecular formula is C17H22N2O. The van der Waals surface area contributed by atoms with Crippen molar-refractivity contribution in [2.24, 2.45) is 0 Å². The van der Waals surface area contributed by atoms with Crippen molar-refractivity contribution in [3.8, 4) is 11.8 Å². The molecule has 1 aromatic rings. The summed E-state index contributed by atoms with van der Waals surface area (Å²) in [6, 6.07) is 9.15. The summed E-state index contributed by atoms with van der Waals surface area (Å²) in [5.74, 6) is 5.69. The minimum absolute atomic E-state index is 0.0755. The zero-order valence-corrected chi connectivity index (χ0v) is 11.9. The first kappa shape index (κ1) is 13.6. The Hall–Kier alpha value is -1.34. The van der Waals surface area contributed by atoms with Gasteiger partial charge in [0, 0.05) is 37.8 Å². The number of benzene rings is 1. The number of aliphatic hydroxyl groups excluding tert-OH is 1. The second-order valence-electron chi connectivity index (χ2n) is 5.73. The van der Waals surface area contributed by atoms with E-state index in [1.807, 2.05) is 6.07 Å². The van der Waals surface area contributed by atoms with Gasteiger partial charge in [-0.05, 0) is 37.1 Å². The van der Waals surface area contributed by atoms with Gasteiger partial charge in [0.1, 0.15) is 6.61 Å². The van der Waals surface area contributed by atoms with Gasteiger partial charge < -0.3 is 5.11 Å². The molecule has 3 nitrogen and oxygen atoms in total. The molecule has 3 rings (SSSR count). The number of hydrogen-bond acceptors (Lipinski definition) is 3. The number of rotatable bonds is 2. The van der Waals surface area contributed by atoms with E-state index in [4.69, 9.17) is 5.11 Å². The van der Waals surface area contributed by atoms with Crippen LogP contribution in [0.15, 0.2) is 24.3 Å². The van der Waals surface area contributed by atoms with Gasteiger partial charge >= 0.3 is 0 Å².